The molecule has 2 aliphatic carbocycles. The third-order valence-electron chi connectivity index (χ3n) is 4.74. The zero-order valence-electron chi connectivity index (χ0n) is 15.8. The van der Waals surface area contributed by atoms with E-state index in [0.29, 0.717) is 25.0 Å². The van der Waals surface area contributed by atoms with E-state index in [1.54, 1.807) is 20.8 Å². The molecule has 2 aliphatic rings. The molecule has 0 radical (unpaired) electrons. The topological polar surface area (TPSA) is 76.0 Å². The van der Waals surface area contributed by atoms with E-state index in [0.717, 1.165) is 37.1 Å². The highest BCUT2D eigenvalue weighted by Gasteiger charge is 2.38. The number of hydrazone groups is 1. The molecule has 2 fully saturated rings. The number of ketones is 2. The van der Waals surface area contributed by atoms with E-state index in [9.17, 15) is 14.4 Å². The van der Waals surface area contributed by atoms with Crippen LogP contribution in [0.5, 0.6) is 0 Å². The fourth-order valence-electron chi connectivity index (χ4n) is 3.53. The molecule has 6 heteroatoms. The van der Waals surface area contributed by atoms with Gasteiger partial charge in [-0.25, -0.2) is 9.80 Å². The Morgan fingerprint density at radius 1 is 1.08 bits per heavy atom. The summed E-state index contributed by atoms with van der Waals surface area (Å²) in [5, 5.41) is 5.41. The standard InChI is InChI=1S/C19H30N2O4/c1-19(2,3)25-18(24)21(4)20-14-11-8-12-15(22)16(14)17(23)13-9-6-5-7-10-13/h13,16H,5-12H2,1-4H3/b20-14-. The number of carbonyl (C=O) groups is 3. The summed E-state index contributed by atoms with van der Waals surface area (Å²) in [5.74, 6) is -0.876. The van der Waals surface area contributed by atoms with Gasteiger partial charge in [0.25, 0.3) is 0 Å². The molecule has 0 aromatic rings. The van der Waals surface area contributed by atoms with Gasteiger partial charge in [-0.15, -0.1) is 0 Å². The summed E-state index contributed by atoms with van der Waals surface area (Å²) >= 11 is 0. The lowest BCUT2D eigenvalue weighted by molar-refractivity contribution is -0.133. The lowest BCUT2D eigenvalue weighted by atomic mass is 9.75. The minimum absolute atomic E-state index is 0.000684. The van der Waals surface area contributed by atoms with E-state index in [-0.39, 0.29) is 17.5 Å². The number of amides is 1. The van der Waals surface area contributed by atoms with Gasteiger partial charge in [0.15, 0.2) is 5.78 Å². The first-order valence-corrected chi connectivity index (χ1v) is 9.29. The van der Waals surface area contributed by atoms with Gasteiger partial charge in [0, 0.05) is 19.4 Å². The molecule has 0 aromatic carbocycles. The predicted molar refractivity (Wildman–Crippen MR) is 95.4 cm³/mol. The van der Waals surface area contributed by atoms with E-state index in [1.807, 2.05) is 0 Å². The van der Waals surface area contributed by atoms with Crippen molar-refractivity contribution in [2.45, 2.75) is 77.7 Å². The van der Waals surface area contributed by atoms with E-state index in [4.69, 9.17) is 4.74 Å². The normalized spacial score (nSPS) is 24.2. The number of hydrogen-bond acceptors (Lipinski definition) is 5. The SMILES string of the molecule is CN(/N=C1/CCCC(=O)C1C(=O)C1CCCCC1)C(=O)OC(C)(C)C. The van der Waals surface area contributed by atoms with E-state index < -0.39 is 17.6 Å². The lowest BCUT2D eigenvalue weighted by Gasteiger charge is -2.29. The lowest BCUT2D eigenvalue weighted by Crippen LogP contribution is -2.41. The first-order chi connectivity index (χ1) is 11.7. The molecule has 140 valence electrons. The highest BCUT2D eigenvalue weighted by Crippen LogP contribution is 2.30. The quantitative estimate of drug-likeness (QED) is 0.574. The van der Waals surface area contributed by atoms with Crippen molar-refractivity contribution in [3.05, 3.63) is 0 Å². The van der Waals surface area contributed by atoms with Crippen molar-refractivity contribution in [2.75, 3.05) is 7.05 Å². The van der Waals surface area contributed by atoms with Crippen molar-refractivity contribution in [3.8, 4) is 0 Å². The van der Waals surface area contributed by atoms with Crippen molar-refractivity contribution in [1.82, 2.24) is 5.01 Å². The van der Waals surface area contributed by atoms with Crippen LogP contribution < -0.4 is 0 Å². The predicted octanol–water partition coefficient (Wildman–Crippen LogP) is 3.73. The van der Waals surface area contributed by atoms with E-state index in [2.05, 4.69) is 5.10 Å². The molecule has 0 aliphatic heterocycles. The minimum atomic E-state index is -0.776. The Morgan fingerprint density at radius 2 is 1.72 bits per heavy atom. The van der Waals surface area contributed by atoms with Gasteiger partial charge in [0.1, 0.15) is 17.3 Å². The number of carbonyl (C=O) groups excluding carboxylic acids is 3. The van der Waals surface area contributed by atoms with Crippen molar-refractivity contribution in [2.24, 2.45) is 16.9 Å². The summed E-state index contributed by atoms with van der Waals surface area (Å²) in [5.41, 5.74) is -0.106. The maximum absolute atomic E-state index is 12.9. The van der Waals surface area contributed by atoms with E-state index in [1.165, 1.54) is 7.05 Å². The van der Waals surface area contributed by atoms with Gasteiger partial charge in [0.2, 0.25) is 0 Å². The Balaban J connectivity index is 2.16. The van der Waals surface area contributed by atoms with Gasteiger partial charge in [-0.3, -0.25) is 9.59 Å². The van der Waals surface area contributed by atoms with Crippen LogP contribution in [0.25, 0.3) is 0 Å². The number of hydrogen-bond donors (Lipinski definition) is 0. The summed E-state index contributed by atoms with van der Waals surface area (Å²) in [7, 11) is 1.50. The van der Waals surface area contributed by atoms with Gasteiger partial charge in [-0.2, -0.15) is 5.10 Å². The molecule has 1 unspecified atom stereocenters. The third kappa shape index (κ3) is 5.38. The van der Waals surface area contributed by atoms with Crippen molar-refractivity contribution < 1.29 is 19.1 Å². The minimum Gasteiger partial charge on any atom is -0.442 e. The molecule has 0 saturated heterocycles. The van der Waals surface area contributed by atoms with Gasteiger partial charge in [-0.1, -0.05) is 19.3 Å². The molecular weight excluding hydrogens is 320 g/mol. The average Bonchev–Trinajstić information content (AvgIpc) is 2.53. The molecule has 1 atom stereocenters. The molecule has 0 bridgehead atoms. The highest BCUT2D eigenvalue weighted by molar-refractivity contribution is 6.22. The second kappa shape index (κ2) is 8.11. The largest absolute Gasteiger partial charge is 0.442 e. The molecule has 2 saturated carbocycles. The Kier molecular flexibility index (Phi) is 6.36. The maximum Gasteiger partial charge on any atom is 0.430 e. The van der Waals surface area contributed by atoms with Crippen molar-refractivity contribution in [3.63, 3.8) is 0 Å². The zero-order chi connectivity index (χ0) is 18.6. The molecule has 6 nitrogen and oxygen atoms in total. The first-order valence-electron chi connectivity index (χ1n) is 9.29. The second-order valence-corrected chi connectivity index (χ2v) is 8.09. The molecule has 2 rings (SSSR count). The number of Topliss-reactive ketones (excluding diaryl/α,β-unsaturated/α-hetero) is 2. The smallest absolute Gasteiger partial charge is 0.430 e. The Morgan fingerprint density at radius 3 is 2.32 bits per heavy atom. The summed E-state index contributed by atoms with van der Waals surface area (Å²) in [6, 6.07) is 0. The second-order valence-electron chi connectivity index (χ2n) is 8.09. The van der Waals surface area contributed by atoms with E-state index >= 15 is 0 Å². The van der Waals surface area contributed by atoms with Crippen LogP contribution in [0.2, 0.25) is 0 Å². The monoisotopic (exact) mass is 350 g/mol. The summed E-state index contributed by atoms with van der Waals surface area (Å²) < 4.78 is 5.29. The van der Waals surface area contributed by atoms with Gasteiger partial charge < -0.3 is 4.74 Å². The van der Waals surface area contributed by atoms with Crippen LogP contribution in [-0.2, 0) is 14.3 Å². The van der Waals surface area contributed by atoms with Crippen LogP contribution in [0.4, 0.5) is 4.79 Å². The molecule has 1 amide bonds. The number of ether oxygens (including phenoxy) is 1. The van der Waals surface area contributed by atoms with Crippen molar-refractivity contribution >= 4 is 23.4 Å². The van der Waals surface area contributed by atoms with Gasteiger partial charge in [-0.05, 0) is 46.5 Å². The number of nitrogens with zero attached hydrogens (tertiary/aromatic N) is 2. The fraction of sp³-hybridized carbons (Fsp3) is 0.789. The third-order valence-corrected chi connectivity index (χ3v) is 4.74. The van der Waals surface area contributed by atoms with Crippen LogP contribution in [0.15, 0.2) is 5.10 Å². The summed E-state index contributed by atoms with van der Waals surface area (Å²) in [6.07, 6.45) is 6.04. The molecule has 25 heavy (non-hydrogen) atoms. The number of rotatable bonds is 3. The Labute approximate surface area is 150 Å². The Hall–Kier alpha value is -1.72. The van der Waals surface area contributed by atoms with Crippen LogP contribution >= 0.6 is 0 Å². The van der Waals surface area contributed by atoms with Crippen molar-refractivity contribution in [1.29, 1.82) is 0 Å². The maximum atomic E-state index is 12.9. The molecule has 0 spiro atoms. The highest BCUT2D eigenvalue weighted by atomic mass is 16.6. The van der Waals surface area contributed by atoms with Crippen LogP contribution in [0.3, 0.4) is 0 Å². The molecule has 0 heterocycles. The summed E-state index contributed by atoms with van der Waals surface area (Å²) in [6.45, 7) is 5.35. The first kappa shape index (κ1) is 19.6. The molecule has 0 aromatic heterocycles. The van der Waals surface area contributed by atoms with Gasteiger partial charge >= 0.3 is 6.09 Å². The molecule has 0 N–H and O–H groups in total. The van der Waals surface area contributed by atoms with Gasteiger partial charge in [0.05, 0.1) is 5.71 Å². The fourth-order valence-corrected chi connectivity index (χ4v) is 3.53. The Bertz CT molecular complexity index is 556. The summed E-state index contributed by atoms with van der Waals surface area (Å²) in [4.78, 5) is 37.5. The van der Waals surface area contributed by atoms with Crippen LogP contribution in [-0.4, -0.2) is 41.0 Å². The zero-order valence-corrected chi connectivity index (χ0v) is 15.8. The van der Waals surface area contributed by atoms with Crippen LogP contribution in [0, 0.1) is 11.8 Å². The average molecular weight is 350 g/mol. The van der Waals surface area contributed by atoms with Crippen LogP contribution in [0.1, 0.15) is 72.1 Å². The molecular formula is C19H30N2O4.